The topological polar surface area (TPSA) is 70.7 Å². The maximum atomic E-state index is 12.9. The van der Waals surface area contributed by atoms with Crippen molar-refractivity contribution in [2.24, 2.45) is 11.8 Å². The summed E-state index contributed by atoms with van der Waals surface area (Å²) < 4.78 is 5.50. The maximum Gasteiger partial charge on any atom is 0.262 e. The second-order valence-electron chi connectivity index (χ2n) is 7.71. The SMILES string of the molecule is CCC(CC)C(CNC(=O)C(NC(=O)c1cccs1)C(C)C)N1CCOCC1. The number of carbonyl (C=O) groups is 2. The van der Waals surface area contributed by atoms with Gasteiger partial charge in [-0.2, -0.15) is 0 Å². The van der Waals surface area contributed by atoms with E-state index in [-0.39, 0.29) is 17.7 Å². The molecule has 1 aliphatic heterocycles. The Balaban J connectivity index is 2.00. The van der Waals surface area contributed by atoms with E-state index in [1.807, 2.05) is 25.3 Å². The molecule has 2 heterocycles. The molecule has 2 unspecified atom stereocenters. The zero-order valence-corrected chi connectivity index (χ0v) is 18.4. The van der Waals surface area contributed by atoms with Crippen LogP contribution in [0.1, 0.15) is 50.2 Å². The van der Waals surface area contributed by atoms with E-state index in [4.69, 9.17) is 4.74 Å². The number of carbonyl (C=O) groups excluding carboxylic acids is 2. The molecule has 0 radical (unpaired) electrons. The fourth-order valence-corrected chi connectivity index (χ4v) is 4.43. The van der Waals surface area contributed by atoms with Gasteiger partial charge in [-0.05, 0) is 23.3 Å². The number of morpholine rings is 1. The second kappa shape index (κ2) is 11.5. The Morgan fingerprint density at radius 3 is 2.43 bits per heavy atom. The molecule has 0 saturated carbocycles. The highest BCUT2D eigenvalue weighted by Gasteiger charge is 2.30. The Morgan fingerprint density at radius 2 is 1.89 bits per heavy atom. The average Bonchev–Trinajstić information content (AvgIpc) is 3.24. The molecule has 2 N–H and O–H groups in total. The summed E-state index contributed by atoms with van der Waals surface area (Å²) in [5.74, 6) is 0.244. The van der Waals surface area contributed by atoms with Crippen molar-refractivity contribution in [3.8, 4) is 0 Å². The van der Waals surface area contributed by atoms with E-state index in [0.717, 1.165) is 39.1 Å². The quantitative estimate of drug-likeness (QED) is 0.623. The molecule has 28 heavy (non-hydrogen) atoms. The molecule has 1 aromatic heterocycles. The normalized spacial score (nSPS) is 17.5. The van der Waals surface area contributed by atoms with Crippen molar-refractivity contribution in [2.45, 2.75) is 52.6 Å². The molecular weight excluding hydrogens is 374 g/mol. The summed E-state index contributed by atoms with van der Waals surface area (Å²) in [6, 6.07) is 3.37. The van der Waals surface area contributed by atoms with Gasteiger partial charge in [-0.15, -0.1) is 11.3 Å². The summed E-state index contributed by atoms with van der Waals surface area (Å²) in [6.45, 7) is 12.2. The van der Waals surface area contributed by atoms with Crippen LogP contribution in [-0.2, 0) is 9.53 Å². The average molecular weight is 410 g/mol. The van der Waals surface area contributed by atoms with Crippen molar-refractivity contribution in [3.05, 3.63) is 22.4 Å². The first-order chi connectivity index (χ1) is 13.5. The maximum absolute atomic E-state index is 12.9. The van der Waals surface area contributed by atoms with Crippen molar-refractivity contribution >= 4 is 23.2 Å². The van der Waals surface area contributed by atoms with Gasteiger partial charge in [0.05, 0.1) is 18.1 Å². The Labute approximate surface area is 173 Å². The highest BCUT2D eigenvalue weighted by Crippen LogP contribution is 2.20. The van der Waals surface area contributed by atoms with E-state index in [1.165, 1.54) is 11.3 Å². The van der Waals surface area contributed by atoms with Crippen LogP contribution in [0.25, 0.3) is 0 Å². The molecule has 158 valence electrons. The van der Waals surface area contributed by atoms with Crippen LogP contribution < -0.4 is 10.6 Å². The minimum atomic E-state index is -0.540. The number of hydrogen-bond acceptors (Lipinski definition) is 5. The number of nitrogens with zero attached hydrogens (tertiary/aromatic N) is 1. The lowest BCUT2D eigenvalue weighted by Gasteiger charge is -2.39. The standard InChI is InChI=1S/C21H35N3O3S/c1-5-16(6-2)17(24-9-11-27-12-10-24)14-22-21(26)19(15(3)4)23-20(25)18-8-7-13-28-18/h7-8,13,15-17,19H,5-6,9-12,14H2,1-4H3,(H,22,26)(H,23,25). The fourth-order valence-electron chi connectivity index (χ4n) is 3.81. The molecule has 1 aromatic rings. The van der Waals surface area contributed by atoms with Crippen LogP contribution in [-0.4, -0.2) is 61.6 Å². The molecule has 0 bridgehead atoms. The van der Waals surface area contributed by atoms with Crippen LogP contribution >= 0.6 is 11.3 Å². The molecule has 2 rings (SSSR count). The number of amides is 2. The molecule has 7 heteroatoms. The molecule has 2 amide bonds. The van der Waals surface area contributed by atoms with Gasteiger partial charge in [-0.1, -0.05) is 46.6 Å². The summed E-state index contributed by atoms with van der Waals surface area (Å²) >= 11 is 1.38. The highest BCUT2D eigenvalue weighted by molar-refractivity contribution is 7.12. The van der Waals surface area contributed by atoms with E-state index in [1.54, 1.807) is 6.07 Å². The van der Waals surface area contributed by atoms with Crippen LogP contribution in [0.3, 0.4) is 0 Å². The summed E-state index contributed by atoms with van der Waals surface area (Å²) in [7, 11) is 0. The first-order valence-electron chi connectivity index (χ1n) is 10.4. The monoisotopic (exact) mass is 409 g/mol. The second-order valence-corrected chi connectivity index (χ2v) is 8.66. The molecule has 1 saturated heterocycles. The smallest absolute Gasteiger partial charge is 0.262 e. The van der Waals surface area contributed by atoms with Crippen molar-refractivity contribution in [2.75, 3.05) is 32.8 Å². The summed E-state index contributed by atoms with van der Waals surface area (Å²) in [6.07, 6.45) is 2.16. The van der Waals surface area contributed by atoms with Gasteiger partial charge in [-0.25, -0.2) is 0 Å². The van der Waals surface area contributed by atoms with Gasteiger partial charge in [0.25, 0.3) is 5.91 Å². The van der Waals surface area contributed by atoms with Gasteiger partial charge in [0, 0.05) is 25.7 Å². The van der Waals surface area contributed by atoms with Crippen molar-refractivity contribution in [3.63, 3.8) is 0 Å². The van der Waals surface area contributed by atoms with Crippen molar-refractivity contribution in [1.29, 1.82) is 0 Å². The van der Waals surface area contributed by atoms with E-state index in [9.17, 15) is 9.59 Å². The van der Waals surface area contributed by atoms with Crippen LogP contribution in [0.5, 0.6) is 0 Å². The Hall–Kier alpha value is -1.44. The first-order valence-corrected chi connectivity index (χ1v) is 11.3. The third-order valence-corrected chi connectivity index (χ3v) is 6.44. The zero-order valence-electron chi connectivity index (χ0n) is 17.6. The predicted octanol–water partition coefficient (Wildman–Crippen LogP) is 2.76. The Kier molecular flexibility index (Phi) is 9.41. The van der Waals surface area contributed by atoms with Gasteiger partial charge >= 0.3 is 0 Å². The molecule has 0 aromatic carbocycles. The highest BCUT2D eigenvalue weighted by atomic mass is 32.1. The molecule has 1 aliphatic rings. The van der Waals surface area contributed by atoms with Crippen molar-refractivity contribution in [1.82, 2.24) is 15.5 Å². The lowest BCUT2D eigenvalue weighted by molar-refractivity contribution is -0.124. The zero-order chi connectivity index (χ0) is 20.5. The number of thiophene rings is 1. The molecule has 0 spiro atoms. The minimum absolute atomic E-state index is 0.0129. The molecule has 1 fully saturated rings. The van der Waals surface area contributed by atoms with Crippen molar-refractivity contribution < 1.29 is 14.3 Å². The van der Waals surface area contributed by atoms with Crippen LogP contribution in [0, 0.1) is 11.8 Å². The molecule has 6 nitrogen and oxygen atoms in total. The summed E-state index contributed by atoms with van der Waals surface area (Å²) in [5, 5.41) is 7.90. The van der Waals surface area contributed by atoms with E-state index in [0.29, 0.717) is 23.4 Å². The van der Waals surface area contributed by atoms with Gasteiger partial charge in [0.2, 0.25) is 5.91 Å². The van der Waals surface area contributed by atoms with E-state index >= 15 is 0 Å². The van der Waals surface area contributed by atoms with Crippen LogP contribution in [0.4, 0.5) is 0 Å². The van der Waals surface area contributed by atoms with Crippen LogP contribution in [0.2, 0.25) is 0 Å². The molecule has 0 aliphatic carbocycles. The predicted molar refractivity (Wildman–Crippen MR) is 114 cm³/mol. The minimum Gasteiger partial charge on any atom is -0.379 e. The third-order valence-electron chi connectivity index (χ3n) is 5.57. The van der Waals surface area contributed by atoms with E-state index in [2.05, 4.69) is 29.4 Å². The summed E-state index contributed by atoms with van der Waals surface area (Å²) in [5.41, 5.74) is 0. The molecular formula is C21H35N3O3S. The Bertz CT molecular complexity index is 596. The number of ether oxygens (including phenoxy) is 1. The van der Waals surface area contributed by atoms with Gasteiger partial charge < -0.3 is 15.4 Å². The Morgan fingerprint density at radius 1 is 1.21 bits per heavy atom. The van der Waals surface area contributed by atoms with Gasteiger partial charge in [-0.3, -0.25) is 14.5 Å². The lowest BCUT2D eigenvalue weighted by Crippen LogP contribution is -2.55. The van der Waals surface area contributed by atoms with Gasteiger partial charge in [0.1, 0.15) is 6.04 Å². The molecule has 2 atom stereocenters. The number of hydrogen-bond donors (Lipinski definition) is 2. The van der Waals surface area contributed by atoms with Crippen LogP contribution in [0.15, 0.2) is 17.5 Å². The lowest BCUT2D eigenvalue weighted by atomic mass is 9.92. The largest absolute Gasteiger partial charge is 0.379 e. The summed E-state index contributed by atoms with van der Waals surface area (Å²) in [4.78, 5) is 28.4. The number of nitrogens with one attached hydrogen (secondary N) is 2. The first kappa shape index (κ1) is 22.8. The third kappa shape index (κ3) is 6.29. The fraction of sp³-hybridized carbons (Fsp3) is 0.714. The van der Waals surface area contributed by atoms with Gasteiger partial charge in [0.15, 0.2) is 0 Å². The van der Waals surface area contributed by atoms with E-state index < -0.39 is 6.04 Å². The number of rotatable bonds is 10.